The first-order valence-corrected chi connectivity index (χ1v) is 26.8. The van der Waals surface area contributed by atoms with Crippen LogP contribution in [-0.4, -0.2) is 98.7 Å². The van der Waals surface area contributed by atoms with Gasteiger partial charge < -0.3 is 45.4 Å². The summed E-state index contributed by atoms with van der Waals surface area (Å²) in [5, 5.41) is 65.2. The standard InChI is InChI=1S/C52H103NO9/c1-3-5-7-9-11-13-15-16-17-18-19-20-21-22-23-24-25-26-27-28-29-30-31-33-35-37-39-41-47(56)53-44(43-61-52-51(60)50(59)49(58)46(42-54)62-52)48(57)45(55)40-38-36-34-32-14-12-10-8-6-4-2/h44-46,48-52,54-55,57-60H,3-43H2,1-2H3,(H,53,56)/t44-,45+,46+,48-,49+,50?,51?,52+/m0/s1. The minimum absolute atomic E-state index is 0.253. The molecule has 0 radical (unpaired) electrons. The second-order valence-corrected chi connectivity index (χ2v) is 19.2. The van der Waals surface area contributed by atoms with E-state index in [0.717, 1.165) is 44.9 Å². The van der Waals surface area contributed by atoms with Crippen LogP contribution in [0, 0.1) is 0 Å². The summed E-state index contributed by atoms with van der Waals surface area (Å²) >= 11 is 0. The largest absolute Gasteiger partial charge is 0.394 e. The summed E-state index contributed by atoms with van der Waals surface area (Å²) in [4.78, 5) is 13.0. The van der Waals surface area contributed by atoms with Crippen molar-refractivity contribution in [2.45, 2.75) is 313 Å². The second-order valence-electron chi connectivity index (χ2n) is 19.2. The fraction of sp³-hybridized carbons (Fsp3) is 0.981. The smallest absolute Gasteiger partial charge is 0.220 e. The van der Waals surface area contributed by atoms with Gasteiger partial charge in [-0.1, -0.05) is 245 Å². The van der Waals surface area contributed by atoms with E-state index in [4.69, 9.17) is 9.47 Å². The maximum Gasteiger partial charge on any atom is 0.220 e. The molecular formula is C52H103NO9. The molecule has 1 saturated heterocycles. The molecular weight excluding hydrogens is 783 g/mol. The highest BCUT2D eigenvalue weighted by atomic mass is 16.7. The molecule has 8 atom stereocenters. The van der Waals surface area contributed by atoms with Gasteiger partial charge in [-0.25, -0.2) is 0 Å². The van der Waals surface area contributed by atoms with Crippen LogP contribution in [0.25, 0.3) is 0 Å². The molecule has 1 amide bonds. The minimum Gasteiger partial charge on any atom is -0.394 e. The lowest BCUT2D eigenvalue weighted by Crippen LogP contribution is -2.60. The molecule has 1 aliphatic heterocycles. The zero-order valence-electron chi connectivity index (χ0n) is 40.5. The summed E-state index contributed by atoms with van der Waals surface area (Å²) in [5.41, 5.74) is 0. The van der Waals surface area contributed by atoms with Gasteiger partial charge in [-0.3, -0.25) is 4.79 Å². The van der Waals surface area contributed by atoms with Crippen molar-refractivity contribution in [1.82, 2.24) is 5.32 Å². The zero-order valence-corrected chi connectivity index (χ0v) is 40.5. The Morgan fingerprint density at radius 2 is 0.839 bits per heavy atom. The molecule has 1 rings (SSSR count). The Bertz CT molecular complexity index is 957. The van der Waals surface area contributed by atoms with E-state index < -0.39 is 55.6 Å². The van der Waals surface area contributed by atoms with Crippen molar-refractivity contribution in [2.24, 2.45) is 0 Å². The number of nitrogens with one attached hydrogen (secondary N) is 1. The number of amides is 1. The van der Waals surface area contributed by atoms with Crippen LogP contribution in [0.5, 0.6) is 0 Å². The molecule has 0 saturated carbocycles. The van der Waals surface area contributed by atoms with Gasteiger partial charge in [0.2, 0.25) is 5.91 Å². The Morgan fingerprint density at radius 3 is 1.19 bits per heavy atom. The lowest BCUT2D eigenvalue weighted by Gasteiger charge is -2.40. The first kappa shape index (κ1) is 59.2. The molecule has 2 unspecified atom stereocenters. The first-order chi connectivity index (χ1) is 30.3. The molecule has 1 heterocycles. The molecule has 62 heavy (non-hydrogen) atoms. The zero-order chi connectivity index (χ0) is 45.3. The quantitative estimate of drug-likeness (QED) is 0.0294. The van der Waals surface area contributed by atoms with Crippen molar-refractivity contribution < 1.29 is 44.9 Å². The molecule has 0 aromatic carbocycles. The summed E-state index contributed by atoms with van der Waals surface area (Å²) in [5.74, 6) is -0.253. The van der Waals surface area contributed by atoms with Crippen LogP contribution in [0.15, 0.2) is 0 Å². The molecule has 10 nitrogen and oxygen atoms in total. The van der Waals surface area contributed by atoms with E-state index in [1.165, 1.54) is 193 Å². The molecule has 0 aromatic rings. The third-order valence-electron chi connectivity index (χ3n) is 13.3. The fourth-order valence-electron chi connectivity index (χ4n) is 8.97. The normalized spacial score (nSPS) is 20.7. The summed E-state index contributed by atoms with van der Waals surface area (Å²) in [6, 6.07) is -0.984. The van der Waals surface area contributed by atoms with Crippen molar-refractivity contribution in [1.29, 1.82) is 0 Å². The Balaban J connectivity index is 2.18. The van der Waals surface area contributed by atoms with Gasteiger partial charge in [-0.2, -0.15) is 0 Å². The van der Waals surface area contributed by atoms with E-state index in [2.05, 4.69) is 19.2 Å². The Kier molecular flexibility index (Phi) is 40.8. The number of carbonyl (C=O) groups excluding carboxylic acids is 1. The van der Waals surface area contributed by atoms with E-state index in [1.807, 2.05) is 0 Å². The number of hydrogen-bond donors (Lipinski definition) is 7. The summed E-state index contributed by atoms with van der Waals surface area (Å²) in [6.07, 6.45) is 38.6. The van der Waals surface area contributed by atoms with Gasteiger partial charge in [0.25, 0.3) is 0 Å². The predicted octanol–water partition coefficient (Wildman–Crippen LogP) is 11.3. The average molecular weight is 886 g/mol. The highest BCUT2D eigenvalue weighted by Gasteiger charge is 2.44. The minimum atomic E-state index is -1.60. The van der Waals surface area contributed by atoms with Gasteiger partial charge in [0.05, 0.1) is 25.4 Å². The number of aliphatic hydroxyl groups is 6. The van der Waals surface area contributed by atoms with Gasteiger partial charge in [0.1, 0.15) is 30.5 Å². The maximum absolute atomic E-state index is 13.0. The summed E-state index contributed by atoms with van der Waals surface area (Å²) < 4.78 is 11.2. The summed E-state index contributed by atoms with van der Waals surface area (Å²) in [6.45, 7) is 3.62. The van der Waals surface area contributed by atoms with Gasteiger partial charge >= 0.3 is 0 Å². The van der Waals surface area contributed by atoms with Crippen LogP contribution in [0.3, 0.4) is 0 Å². The second kappa shape index (κ2) is 42.8. The molecule has 370 valence electrons. The van der Waals surface area contributed by atoms with Crippen LogP contribution in [0.1, 0.15) is 264 Å². The predicted molar refractivity (Wildman–Crippen MR) is 255 cm³/mol. The van der Waals surface area contributed by atoms with Gasteiger partial charge in [-0.05, 0) is 12.8 Å². The van der Waals surface area contributed by atoms with E-state index >= 15 is 0 Å². The Labute approximate surface area is 381 Å². The third kappa shape index (κ3) is 31.9. The highest BCUT2D eigenvalue weighted by molar-refractivity contribution is 5.76. The lowest BCUT2D eigenvalue weighted by molar-refractivity contribution is -0.303. The number of carbonyl (C=O) groups is 1. The number of rotatable bonds is 46. The number of ether oxygens (including phenoxy) is 2. The van der Waals surface area contributed by atoms with Crippen LogP contribution in [0.4, 0.5) is 0 Å². The van der Waals surface area contributed by atoms with Crippen LogP contribution >= 0.6 is 0 Å². The first-order valence-electron chi connectivity index (χ1n) is 26.8. The van der Waals surface area contributed by atoms with Crippen molar-refractivity contribution in [3.05, 3.63) is 0 Å². The number of hydrogen-bond acceptors (Lipinski definition) is 9. The molecule has 0 aliphatic carbocycles. The van der Waals surface area contributed by atoms with Crippen molar-refractivity contribution in [3.8, 4) is 0 Å². The SMILES string of the molecule is CCCCCCCCCCCCCCCCCCCCCCCCCCCCCC(=O)N[C@@H](CO[C@@H]1O[C@H](CO)[C@@H](O)C(O)C1O)[C@H](O)[C@H](O)CCCCCCCCCCCC. The Morgan fingerprint density at radius 1 is 0.500 bits per heavy atom. The Hall–Kier alpha value is -0.850. The summed E-state index contributed by atoms with van der Waals surface area (Å²) in [7, 11) is 0. The number of unbranched alkanes of at least 4 members (excludes halogenated alkanes) is 35. The van der Waals surface area contributed by atoms with E-state index in [0.29, 0.717) is 6.42 Å². The highest BCUT2D eigenvalue weighted by Crippen LogP contribution is 2.23. The van der Waals surface area contributed by atoms with Crippen LogP contribution < -0.4 is 5.32 Å². The van der Waals surface area contributed by atoms with E-state index in [-0.39, 0.29) is 18.9 Å². The molecule has 10 heteroatoms. The molecule has 1 fully saturated rings. The van der Waals surface area contributed by atoms with Crippen molar-refractivity contribution in [3.63, 3.8) is 0 Å². The third-order valence-corrected chi connectivity index (χ3v) is 13.3. The van der Waals surface area contributed by atoms with Crippen LogP contribution in [0.2, 0.25) is 0 Å². The van der Waals surface area contributed by atoms with E-state index in [1.54, 1.807) is 0 Å². The molecule has 7 N–H and O–H groups in total. The van der Waals surface area contributed by atoms with Crippen LogP contribution in [-0.2, 0) is 14.3 Å². The molecule has 0 aromatic heterocycles. The topological polar surface area (TPSA) is 169 Å². The van der Waals surface area contributed by atoms with Crippen molar-refractivity contribution in [2.75, 3.05) is 13.2 Å². The molecule has 0 bridgehead atoms. The lowest BCUT2D eigenvalue weighted by atomic mass is 9.98. The maximum atomic E-state index is 13.0. The average Bonchev–Trinajstić information content (AvgIpc) is 3.27. The van der Waals surface area contributed by atoms with Gasteiger partial charge in [-0.15, -0.1) is 0 Å². The fourth-order valence-corrected chi connectivity index (χ4v) is 8.97. The molecule has 1 aliphatic rings. The van der Waals surface area contributed by atoms with E-state index in [9.17, 15) is 35.4 Å². The number of aliphatic hydroxyl groups excluding tert-OH is 6. The molecule has 0 spiro atoms. The monoisotopic (exact) mass is 886 g/mol. The van der Waals surface area contributed by atoms with Gasteiger partial charge in [0, 0.05) is 6.42 Å². The van der Waals surface area contributed by atoms with Gasteiger partial charge in [0.15, 0.2) is 6.29 Å². The van der Waals surface area contributed by atoms with Crippen molar-refractivity contribution >= 4 is 5.91 Å².